The first-order chi connectivity index (χ1) is 7.63. The summed E-state index contributed by atoms with van der Waals surface area (Å²) in [7, 11) is 1.94. The molecule has 1 rings (SSSR count). The first-order valence-corrected chi connectivity index (χ1v) is 5.39. The van der Waals surface area contributed by atoms with Crippen molar-refractivity contribution in [2.45, 2.75) is 26.6 Å². The summed E-state index contributed by atoms with van der Waals surface area (Å²) < 4.78 is 5.45. The van der Waals surface area contributed by atoms with Gasteiger partial charge in [0.15, 0.2) is 5.82 Å². The lowest BCUT2D eigenvalue weighted by Gasteiger charge is -2.18. The van der Waals surface area contributed by atoms with Crippen LogP contribution < -0.4 is 4.90 Å². The Labute approximate surface area is 96.1 Å². The van der Waals surface area contributed by atoms with Gasteiger partial charge in [-0.15, -0.1) is 5.10 Å². The van der Waals surface area contributed by atoms with E-state index in [1.54, 1.807) is 6.07 Å². The van der Waals surface area contributed by atoms with Gasteiger partial charge in [0.05, 0.1) is 25.0 Å². The number of anilines is 1. The summed E-state index contributed by atoms with van der Waals surface area (Å²) >= 11 is 0. The molecule has 0 saturated carbocycles. The largest absolute Gasteiger partial charge is 0.390 e. The Morgan fingerprint density at radius 2 is 2.12 bits per heavy atom. The highest BCUT2D eigenvalue weighted by Gasteiger charge is 2.03. The van der Waals surface area contributed by atoms with Crippen molar-refractivity contribution < 1.29 is 9.84 Å². The van der Waals surface area contributed by atoms with E-state index in [9.17, 15) is 0 Å². The Kier molecular flexibility index (Phi) is 5.14. The first-order valence-electron chi connectivity index (χ1n) is 5.39. The molecule has 0 bridgehead atoms. The molecule has 0 unspecified atom stereocenters. The molecule has 0 amide bonds. The minimum absolute atomic E-state index is 0.0759. The van der Waals surface area contributed by atoms with Crippen LogP contribution >= 0.6 is 0 Å². The second kappa shape index (κ2) is 6.40. The van der Waals surface area contributed by atoms with Crippen molar-refractivity contribution in [1.29, 1.82) is 0 Å². The van der Waals surface area contributed by atoms with Gasteiger partial charge in [-0.25, -0.2) is 0 Å². The molecule has 0 spiro atoms. The van der Waals surface area contributed by atoms with E-state index in [0.29, 0.717) is 12.3 Å². The summed E-state index contributed by atoms with van der Waals surface area (Å²) in [5.41, 5.74) is 0.579. The lowest BCUT2D eigenvalue weighted by Crippen LogP contribution is -2.25. The van der Waals surface area contributed by atoms with Gasteiger partial charge >= 0.3 is 0 Å². The number of likely N-dealkylation sites (N-methyl/N-ethyl adjacent to an activating group) is 1. The van der Waals surface area contributed by atoms with Gasteiger partial charge in [-0.3, -0.25) is 0 Å². The SMILES string of the molecule is CC(C)OCCN(C)c1ccc(CO)nn1. The van der Waals surface area contributed by atoms with Gasteiger partial charge < -0.3 is 14.7 Å². The normalized spacial score (nSPS) is 10.8. The molecule has 0 fully saturated rings. The average molecular weight is 225 g/mol. The molecule has 0 atom stereocenters. The van der Waals surface area contributed by atoms with Gasteiger partial charge in [0.2, 0.25) is 0 Å². The highest BCUT2D eigenvalue weighted by molar-refractivity contribution is 5.35. The maximum atomic E-state index is 8.83. The van der Waals surface area contributed by atoms with E-state index in [-0.39, 0.29) is 12.7 Å². The molecule has 1 heterocycles. The molecular weight excluding hydrogens is 206 g/mol. The summed E-state index contributed by atoms with van der Waals surface area (Å²) in [5.74, 6) is 0.782. The van der Waals surface area contributed by atoms with E-state index < -0.39 is 0 Å². The summed E-state index contributed by atoms with van der Waals surface area (Å²) in [6.45, 7) is 5.38. The highest BCUT2D eigenvalue weighted by Crippen LogP contribution is 2.07. The molecule has 0 aromatic carbocycles. The third-order valence-electron chi connectivity index (χ3n) is 2.14. The topological polar surface area (TPSA) is 58.5 Å². The standard InChI is InChI=1S/C11H19N3O2/c1-9(2)16-7-6-14(3)11-5-4-10(8-15)12-13-11/h4-5,9,15H,6-8H2,1-3H3. The summed E-state index contributed by atoms with van der Waals surface area (Å²) in [5, 5.41) is 16.7. The number of nitrogens with zero attached hydrogens (tertiary/aromatic N) is 3. The van der Waals surface area contributed by atoms with Crippen LogP contribution in [0.25, 0.3) is 0 Å². The van der Waals surface area contributed by atoms with Crippen LogP contribution in [0.2, 0.25) is 0 Å². The van der Waals surface area contributed by atoms with Crippen molar-refractivity contribution >= 4 is 5.82 Å². The third-order valence-corrected chi connectivity index (χ3v) is 2.14. The van der Waals surface area contributed by atoms with Gasteiger partial charge in [-0.05, 0) is 26.0 Å². The summed E-state index contributed by atoms with van der Waals surface area (Å²) in [6.07, 6.45) is 0.247. The fourth-order valence-corrected chi connectivity index (χ4v) is 1.18. The number of rotatable bonds is 6. The molecule has 1 aromatic rings. The van der Waals surface area contributed by atoms with Crippen molar-refractivity contribution in [2.75, 3.05) is 25.1 Å². The first kappa shape index (κ1) is 12.9. The van der Waals surface area contributed by atoms with Crippen LogP contribution in [0.1, 0.15) is 19.5 Å². The zero-order valence-electron chi connectivity index (χ0n) is 10.1. The van der Waals surface area contributed by atoms with E-state index in [4.69, 9.17) is 9.84 Å². The number of hydrogen-bond acceptors (Lipinski definition) is 5. The van der Waals surface area contributed by atoms with Gasteiger partial charge in [0.1, 0.15) is 0 Å². The lowest BCUT2D eigenvalue weighted by atomic mass is 10.4. The number of aliphatic hydroxyl groups is 1. The van der Waals surface area contributed by atoms with Crippen LogP contribution in [0.5, 0.6) is 0 Å². The monoisotopic (exact) mass is 225 g/mol. The number of aliphatic hydroxyl groups excluding tert-OH is 1. The second-order valence-corrected chi connectivity index (χ2v) is 3.88. The minimum Gasteiger partial charge on any atom is -0.390 e. The molecule has 0 aliphatic heterocycles. The molecule has 0 saturated heterocycles. The van der Waals surface area contributed by atoms with Crippen molar-refractivity contribution in [1.82, 2.24) is 10.2 Å². The van der Waals surface area contributed by atoms with Crippen LogP contribution in [-0.4, -0.2) is 41.6 Å². The highest BCUT2D eigenvalue weighted by atomic mass is 16.5. The predicted octanol–water partition coefficient (Wildman–Crippen LogP) is 0.830. The van der Waals surface area contributed by atoms with Crippen molar-refractivity contribution in [3.63, 3.8) is 0 Å². The van der Waals surface area contributed by atoms with Gasteiger partial charge in [-0.1, -0.05) is 0 Å². The number of aromatic nitrogens is 2. The molecule has 1 N–H and O–H groups in total. The Bertz CT molecular complexity index is 301. The molecule has 1 aromatic heterocycles. The molecule has 0 aliphatic carbocycles. The van der Waals surface area contributed by atoms with Gasteiger partial charge in [0.25, 0.3) is 0 Å². The minimum atomic E-state index is -0.0759. The van der Waals surface area contributed by atoms with Crippen molar-refractivity contribution in [3.8, 4) is 0 Å². The fourth-order valence-electron chi connectivity index (χ4n) is 1.18. The number of hydrogen-bond donors (Lipinski definition) is 1. The van der Waals surface area contributed by atoms with Gasteiger partial charge in [0, 0.05) is 13.6 Å². The van der Waals surface area contributed by atoms with E-state index >= 15 is 0 Å². The van der Waals surface area contributed by atoms with E-state index in [2.05, 4.69) is 10.2 Å². The van der Waals surface area contributed by atoms with Crippen LogP contribution in [0.4, 0.5) is 5.82 Å². The molecule has 90 valence electrons. The molecule has 5 nitrogen and oxygen atoms in total. The van der Waals surface area contributed by atoms with Crippen LogP contribution in [0, 0.1) is 0 Å². The molecule has 16 heavy (non-hydrogen) atoms. The molecule has 5 heteroatoms. The molecule has 0 aliphatic rings. The quantitative estimate of drug-likeness (QED) is 0.777. The summed E-state index contributed by atoms with van der Waals surface area (Å²) in [6, 6.07) is 3.61. The Morgan fingerprint density at radius 1 is 1.38 bits per heavy atom. The zero-order valence-corrected chi connectivity index (χ0v) is 10.1. The van der Waals surface area contributed by atoms with Crippen LogP contribution in [-0.2, 0) is 11.3 Å². The van der Waals surface area contributed by atoms with Crippen molar-refractivity contribution in [2.24, 2.45) is 0 Å². The van der Waals surface area contributed by atoms with Gasteiger partial charge in [-0.2, -0.15) is 5.10 Å². The van der Waals surface area contributed by atoms with Crippen LogP contribution in [0.3, 0.4) is 0 Å². The Morgan fingerprint density at radius 3 is 2.62 bits per heavy atom. The predicted molar refractivity (Wildman–Crippen MR) is 62.3 cm³/mol. The molecular formula is C11H19N3O2. The number of ether oxygens (including phenoxy) is 1. The van der Waals surface area contributed by atoms with E-state index in [1.165, 1.54) is 0 Å². The summed E-state index contributed by atoms with van der Waals surface area (Å²) in [4.78, 5) is 1.97. The van der Waals surface area contributed by atoms with Crippen LogP contribution in [0.15, 0.2) is 12.1 Å². The lowest BCUT2D eigenvalue weighted by molar-refractivity contribution is 0.0845. The average Bonchev–Trinajstić information content (AvgIpc) is 2.28. The zero-order chi connectivity index (χ0) is 12.0. The Balaban J connectivity index is 2.43. The maximum absolute atomic E-state index is 8.83. The smallest absolute Gasteiger partial charge is 0.151 e. The molecule has 0 radical (unpaired) electrons. The van der Waals surface area contributed by atoms with E-state index in [0.717, 1.165) is 12.4 Å². The van der Waals surface area contributed by atoms with Crippen molar-refractivity contribution in [3.05, 3.63) is 17.8 Å². The fraction of sp³-hybridized carbons (Fsp3) is 0.636. The second-order valence-electron chi connectivity index (χ2n) is 3.88. The third kappa shape index (κ3) is 4.12. The maximum Gasteiger partial charge on any atom is 0.151 e. The Hall–Kier alpha value is -1.20. The van der Waals surface area contributed by atoms with E-state index in [1.807, 2.05) is 31.9 Å².